The molecule has 0 spiro atoms. The molecule has 28 heavy (non-hydrogen) atoms. The minimum absolute atomic E-state index is 0.0415. The lowest BCUT2D eigenvalue weighted by Crippen LogP contribution is -2.45. The van der Waals surface area contributed by atoms with E-state index in [9.17, 15) is 19.2 Å². The number of ether oxygens (including phenoxy) is 1. The molecule has 0 aliphatic carbocycles. The van der Waals surface area contributed by atoms with Crippen molar-refractivity contribution in [3.05, 3.63) is 60.1 Å². The van der Waals surface area contributed by atoms with Crippen LogP contribution in [0.5, 0.6) is 0 Å². The molecular weight excluding hydrogens is 366 g/mol. The lowest BCUT2D eigenvalue weighted by Gasteiger charge is -2.17. The summed E-state index contributed by atoms with van der Waals surface area (Å²) in [6, 6.07) is 10.3. The maximum absolute atomic E-state index is 12.4. The van der Waals surface area contributed by atoms with Gasteiger partial charge in [0.1, 0.15) is 6.04 Å². The summed E-state index contributed by atoms with van der Waals surface area (Å²) >= 11 is 0. The van der Waals surface area contributed by atoms with Crippen molar-refractivity contribution in [1.29, 1.82) is 0 Å². The number of furan rings is 1. The molecule has 2 rings (SSSR count). The van der Waals surface area contributed by atoms with Crippen molar-refractivity contribution in [2.75, 3.05) is 13.2 Å². The number of urea groups is 1. The van der Waals surface area contributed by atoms with Crippen molar-refractivity contribution >= 4 is 23.8 Å². The zero-order chi connectivity index (χ0) is 20.4. The first-order chi connectivity index (χ1) is 13.5. The van der Waals surface area contributed by atoms with E-state index in [4.69, 9.17) is 9.15 Å². The maximum atomic E-state index is 12.4. The van der Waals surface area contributed by atoms with E-state index in [1.807, 2.05) is 11.4 Å². The molecule has 4 amide bonds. The van der Waals surface area contributed by atoms with Crippen LogP contribution >= 0.6 is 0 Å². The van der Waals surface area contributed by atoms with Crippen LogP contribution < -0.4 is 16.0 Å². The minimum atomic E-state index is -1.04. The molecule has 9 heteroatoms. The van der Waals surface area contributed by atoms with Crippen LogP contribution in [0.15, 0.2) is 53.1 Å². The Balaban J connectivity index is 1.98. The fraction of sp³-hybridized carbons (Fsp3) is 0.263. The van der Waals surface area contributed by atoms with E-state index in [2.05, 4.69) is 10.6 Å². The summed E-state index contributed by atoms with van der Waals surface area (Å²) in [6.07, 6.45) is 1.50. The van der Waals surface area contributed by atoms with Gasteiger partial charge in [-0.3, -0.25) is 14.9 Å². The predicted molar refractivity (Wildman–Crippen MR) is 98.3 cm³/mol. The topological polar surface area (TPSA) is 127 Å². The molecule has 3 N–H and O–H groups in total. The van der Waals surface area contributed by atoms with Gasteiger partial charge in [0.05, 0.1) is 6.26 Å². The van der Waals surface area contributed by atoms with E-state index >= 15 is 0 Å². The van der Waals surface area contributed by atoms with Crippen LogP contribution in [0.2, 0.25) is 0 Å². The molecule has 0 aliphatic rings. The largest absolute Gasteiger partial charge is 0.459 e. The molecule has 1 aromatic carbocycles. The van der Waals surface area contributed by atoms with Crippen molar-refractivity contribution in [2.45, 2.75) is 19.4 Å². The summed E-state index contributed by atoms with van der Waals surface area (Å²) < 4.78 is 9.98. The van der Waals surface area contributed by atoms with Gasteiger partial charge >= 0.3 is 12.0 Å². The number of esters is 1. The second kappa shape index (κ2) is 10.5. The van der Waals surface area contributed by atoms with Gasteiger partial charge < -0.3 is 19.8 Å². The number of rotatable bonds is 8. The van der Waals surface area contributed by atoms with Gasteiger partial charge in [-0.05, 0) is 24.6 Å². The number of benzene rings is 1. The van der Waals surface area contributed by atoms with Crippen molar-refractivity contribution < 1.29 is 28.3 Å². The normalized spacial score (nSPS) is 11.2. The lowest BCUT2D eigenvalue weighted by atomic mass is 10.1. The number of amides is 4. The first-order valence-electron chi connectivity index (χ1n) is 8.62. The summed E-state index contributed by atoms with van der Waals surface area (Å²) in [5.74, 6) is -2.14. The second-order valence-corrected chi connectivity index (χ2v) is 5.71. The Hall–Kier alpha value is -3.62. The third-order valence-corrected chi connectivity index (χ3v) is 3.55. The number of nitrogens with one attached hydrogen (secondary N) is 3. The number of imide groups is 1. The minimum Gasteiger partial charge on any atom is -0.459 e. The molecule has 0 unspecified atom stereocenters. The van der Waals surface area contributed by atoms with Gasteiger partial charge in [-0.2, -0.15) is 0 Å². The first-order valence-corrected chi connectivity index (χ1v) is 8.62. The smallest absolute Gasteiger partial charge is 0.329 e. The van der Waals surface area contributed by atoms with E-state index < -0.39 is 36.5 Å². The number of carbonyl (C=O) groups excluding carboxylic acids is 4. The molecule has 1 aromatic heterocycles. The molecule has 0 saturated heterocycles. The van der Waals surface area contributed by atoms with Crippen LogP contribution in [-0.4, -0.2) is 43.0 Å². The molecule has 0 fully saturated rings. The third-order valence-electron chi connectivity index (χ3n) is 3.55. The summed E-state index contributed by atoms with van der Waals surface area (Å²) in [7, 11) is 0. The highest BCUT2D eigenvalue weighted by Crippen LogP contribution is 2.07. The third kappa shape index (κ3) is 6.60. The summed E-state index contributed by atoms with van der Waals surface area (Å²) in [5.41, 5.74) is 0.788. The van der Waals surface area contributed by atoms with Crippen LogP contribution in [0.4, 0.5) is 4.79 Å². The van der Waals surface area contributed by atoms with Gasteiger partial charge in [0, 0.05) is 13.0 Å². The van der Waals surface area contributed by atoms with Crippen molar-refractivity contribution in [1.82, 2.24) is 16.0 Å². The summed E-state index contributed by atoms with van der Waals surface area (Å²) in [5, 5.41) is 6.94. The van der Waals surface area contributed by atoms with E-state index in [0.29, 0.717) is 6.54 Å². The standard InChI is InChI=1S/C19H21N3O6/c1-2-20-19(26)22-16(23)12-28-18(25)14(11-13-7-4-3-5-8-13)21-17(24)15-9-6-10-27-15/h3-10,14H,2,11-12H2,1H3,(H,21,24)(H2,20,22,23,26)/t14-/m0/s1. The number of hydrogen-bond donors (Lipinski definition) is 3. The van der Waals surface area contributed by atoms with E-state index in [-0.39, 0.29) is 12.2 Å². The molecule has 9 nitrogen and oxygen atoms in total. The Morgan fingerprint density at radius 2 is 1.82 bits per heavy atom. The maximum Gasteiger partial charge on any atom is 0.329 e. The zero-order valence-electron chi connectivity index (χ0n) is 15.3. The van der Waals surface area contributed by atoms with Crippen molar-refractivity contribution in [3.8, 4) is 0 Å². The molecule has 1 heterocycles. The van der Waals surface area contributed by atoms with Crippen molar-refractivity contribution in [2.24, 2.45) is 0 Å². The van der Waals surface area contributed by atoms with Gasteiger partial charge in [-0.1, -0.05) is 30.3 Å². The molecule has 0 radical (unpaired) electrons. The molecule has 0 bridgehead atoms. The molecule has 0 aliphatic heterocycles. The molecule has 0 saturated carbocycles. The number of hydrogen-bond acceptors (Lipinski definition) is 6. The average molecular weight is 387 g/mol. The number of carbonyl (C=O) groups is 4. The van der Waals surface area contributed by atoms with Gasteiger partial charge in [0.2, 0.25) is 0 Å². The van der Waals surface area contributed by atoms with E-state index in [0.717, 1.165) is 5.56 Å². The van der Waals surface area contributed by atoms with Crippen molar-refractivity contribution in [3.63, 3.8) is 0 Å². The van der Waals surface area contributed by atoms with Crippen LogP contribution in [0.3, 0.4) is 0 Å². The van der Waals surface area contributed by atoms with Gasteiger partial charge in [-0.15, -0.1) is 0 Å². The molecular formula is C19H21N3O6. The SMILES string of the molecule is CCNC(=O)NC(=O)COC(=O)[C@H](Cc1ccccc1)NC(=O)c1ccco1. The highest BCUT2D eigenvalue weighted by molar-refractivity contribution is 5.97. The van der Waals surface area contributed by atoms with Gasteiger partial charge in [0.25, 0.3) is 11.8 Å². The van der Waals surface area contributed by atoms with Gasteiger partial charge in [-0.25, -0.2) is 9.59 Å². The Morgan fingerprint density at radius 3 is 2.46 bits per heavy atom. The van der Waals surface area contributed by atoms with E-state index in [1.54, 1.807) is 37.3 Å². The zero-order valence-corrected chi connectivity index (χ0v) is 15.3. The predicted octanol–water partition coefficient (Wildman–Crippen LogP) is 1.01. The average Bonchev–Trinajstić information content (AvgIpc) is 3.21. The van der Waals surface area contributed by atoms with Crippen LogP contribution in [0.25, 0.3) is 0 Å². The van der Waals surface area contributed by atoms with Crippen LogP contribution in [0, 0.1) is 0 Å². The van der Waals surface area contributed by atoms with Crippen LogP contribution in [0.1, 0.15) is 23.0 Å². The fourth-order valence-electron chi connectivity index (χ4n) is 2.28. The molecule has 2 aromatic rings. The lowest BCUT2D eigenvalue weighted by molar-refractivity contribution is -0.150. The van der Waals surface area contributed by atoms with Gasteiger partial charge in [0.15, 0.2) is 12.4 Å². The Kier molecular flexibility index (Phi) is 7.77. The highest BCUT2D eigenvalue weighted by Gasteiger charge is 2.25. The second-order valence-electron chi connectivity index (χ2n) is 5.71. The first kappa shape index (κ1) is 20.7. The Morgan fingerprint density at radius 1 is 1.07 bits per heavy atom. The quantitative estimate of drug-likeness (QED) is 0.580. The van der Waals surface area contributed by atoms with Crippen LogP contribution in [-0.2, 0) is 20.7 Å². The Bertz CT molecular complexity index is 804. The summed E-state index contributed by atoms with van der Waals surface area (Å²) in [6.45, 7) is 1.38. The highest BCUT2D eigenvalue weighted by atomic mass is 16.5. The molecule has 1 atom stereocenters. The monoisotopic (exact) mass is 387 g/mol. The van der Waals surface area contributed by atoms with E-state index in [1.165, 1.54) is 12.3 Å². The Labute approximate surface area is 161 Å². The summed E-state index contributed by atoms with van der Waals surface area (Å²) in [4.78, 5) is 47.6. The molecule has 148 valence electrons. The fourth-order valence-corrected chi connectivity index (χ4v) is 2.28.